The second-order valence-electron chi connectivity index (χ2n) is 12.1. The summed E-state index contributed by atoms with van der Waals surface area (Å²) in [6, 6.07) is 20.1. The van der Waals surface area contributed by atoms with Gasteiger partial charge in [0.15, 0.2) is 11.6 Å². The maximum Gasteiger partial charge on any atom is 0.237 e. The Morgan fingerprint density at radius 1 is 0.940 bits per heavy atom. The SMILES string of the molecule is CCCN(CCO)c1ccc(-c2nc3cc(C(CC(N)=O)NC(=O)[C@@H](N)Cc4ccc(Cl)c(Cl)c4)ccc3n2Cc2ccc(F)c(F)c2)cc1. The molecular weight excluding hydrogens is 685 g/mol. The van der Waals surface area contributed by atoms with Crippen molar-refractivity contribution in [1.82, 2.24) is 14.9 Å². The first-order valence-electron chi connectivity index (χ1n) is 16.2. The molecule has 1 unspecified atom stereocenters. The number of fused-ring (bicyclic) bond motifs is 1. The summed E-state index contributed by atoms with van der Waals surface area (Å²) in [7, 11) is 0. The molecule has 0 aliphatic carbocycles. The summed E-state index contributed by atoms with van der Waals surface area (Å²) >= 11 is 12.1. The highest BCUT2D eigenvalue weighted by molar-refractivity contribution is 6.42. The summed E-state index contributed by atoms with van der Waals surface area (Å²) in [5.41, 5.74) is 16.6. The van der Waals surface area contributed by atoms with Gasteiger partial charge in [-0.05, 0) is 90.2 Å². The number of anilines is 1. The van der Waals surface area contributed by atoms with Gasteiger partial charge in [-0.25, -0.2) is 13.8 Å². The van der Waals surface area contributed by atoms with Gasteiger partial charge in [-0.15, -0.1) is 0 Å². The number of halogens is 4. The Bertz CT molecular complexity index is 1980. The third-order valence-electron chi connectivity index (χ3n) is 8.35. The van der Waals surface area contributed by atoms with E-state index in [0.29, 0.717) is 50.1 Å². The molecule has 5 rings (SSSR count). The van der Waals surface area contributed by atoms with Crippen molar-refractivity contribution in [2.24, 2.45) is 11.5 Å². The Balaban J connectivity index is 1.50. The molecule has 9 nitrogen and oxygen atoms in total. The molecule has 262 valence electrons. The number of nitrogens with two attached hydrogens (primary N) is 2. The number of aromatic nitrogens is 2. The molecule has 6 N–H and O–H groups in total. The Kier molecular flexibility index (Phi) is 12.1. The lowest BCUT2D eigenvalue weighted by Gasteiger charge is -2.23. The van der Waals surface area contributed by atoms with E-state index in [9.17, 15) is 23.5 Å². The molecule has 4 aromatic carbocycles. The molecule has 50 heavy (non-hydrogen) atoms. The Morgan fingerprint density at radius 3 is 2.34 bits per heavy atom. The standard InChI is InChI=1S/C37H38Cl2F2N6O3/c1-2-13-46(14-15-48)26-8-5-24(6-9-26)36-44-33-19-25(7-12-34(33)47(36)21-23-4-11-29(40)30(41)17-23)32(20-35(43)49)45-37(50)31(42)18-22-3-10-27(38)28(39)16-22/h3-12,16-17,19,31-32,48H,2,13-15,18,20-21,42H2,1H3,(H2,43,49)(H,45,50)/t31-,32?/m0/s1. The quantitative estimate of drug-likeness (QED) is 0.102. The Labute approximate surface area is 298 Å². The second-order valence-corrected chi connectivity index (χ2v) is 12.9. The van der Waals surface area contributed by atoms with Crippen molar-refractivity contribution in [2.45, 2.75) is 44.8 Å². The van der Waals surface area contributed by atoms with Crippen molar-refractivity contribution >= 4 is 51.7 Å². The van der Waals surface area contributed by atoms with Gasteiger partial charge in [0.2, 0.25) is 11.8 Å². The van der Waals surface area contributed by atoms with Crippen molar-refractivity contribution in [2.75, 3.05) is 24.6 Å². The van der Waals surface area contributed by atoms with E-state index in [4.69, 9.17) is 39.7 Å². The maximum atomic E-state index is 14.2. The number of nitrogens with zero attached hydrogens (tertiary/aromatic N) is 3. The van der Waals surface area contributed by atoms with Crippen molar-refractivity contribution in [3.63, 3.8) is 0 Å². The van der Waals surface area contributed by atoms with Crippen molar-refractivity contribution in [3.05, 3.63) is 117 Å². The average Bonchev–Trinajstić information content (AvgIpc) is 3.44. The van der Waals surface area contributed by atoms with Crippen LogP contribution < -0.4 is 21.7 Å². The summed E-state index contributed by atoms with van der Waals surface area (Å²) in [6.07, 6.45) is 0.898. The first-order valence-corrected chi connectivity index (χ1v) is 16.9. The van der Waals surface area contributed by atoms with Crippen molar-refractivity contribution in [1.29, 1.82) is 0 Å². The number of primary amides is 1. The predicted octanol–water partition coefficient (Wildman–Crippen LogP) is 6.15. The monoisotopic (exact) mass is 722 g/mol. The summed E-state index contributed by atoms with van der Waals surface area (Å²) < 4.78 is 29.9. The molecule has 0 saturated carbocycles. The number of benzene rings is 4. The highest BCUT2D eigenvalue weighted by atomic mass is 35.5. The number of hydrogen-bond donors (Lipinski definition) is 4. The molecule has 1 heterocycles. The normalized spacial score (nSPS) is 12.5. The molecule has 0 aliphatic rings. The minimum Gasteiger partial charge on any atom is -0.395 e. The third kappa shape index (κ3) is 8.78. The fourth-order valence-corrected chi connectivity index (χ4v) is 6.21. The van der Waals surface area contributed by atoms with E-state index in [-0.39, 0.29) is 26.0 Å². The van der Waals surface area contributed by atoms with Crippen LogP contribution in [0.5, 0.6) is 0 Å². The van der Waals surface area contributed by atoms with Crippen LogP contribution in [0.25, 0.3) is 22.4 Å². The smallest absolute Gasteiger partial charge is 0.237 e. The number of amides is 2. The molecule has 0 saturated heterocycles. The van der Waals surface area contributed by atoms with Crippen LogP contribution in [-0.2, 0) is 22.6 Å². The summed E-state index contributed by atoms with van der Waals surface area (Å²) in [6.45, 7) is 3.55. The van der Waals surface area contributed by atoms with Gasteiger partial charge in [0.05, 0.1) is 46.2 Å². The van der Waals surface area contributed by atoms with Crippen LogP contribution in [0.3, 0.4) is 0 Å². The van der Waals surface area contributed by atoms with E-state index in [1.807, 2.05) is 28.8 Å². The highest BCUT2D eigenvalue weighted by Crippen LogP contribution is 2.31. The number of carbonyl (C=O) groups excluding carboxylic acids is 2. The number of aliphatic hydroxyl groups excluding tert-OH is 1. The van der Waals surface area contributed by atoms with Gasteiger partial charge in [-0.3, -0.25) is 9.59 Å². The van der Waals surface area contributed by atoms with Crippen LogP contribution in [0.4, 0.5) is 14.5 Å². The zero-order valence-electron chi connectivity index (χ0n) is 27.4. The van der Waals surface area contributed by atoms with Gasteiger partial charge in [0.25, 0.3) is 0 Å². The molecule has 2 amide bonds. The molecular formula is C37H38Cl2F2N6O3. The lowest BCUT2D eigenvalue weighted by molar-refractivity contribution is -0.123. The van der Waals surface area contributed by atoms with Gasteiger partial charge < -0.3 is 31.4 Å². The van der Waals surface area contributed by atoms with Crippen molar-refractivity contribution in [3.8, 4) is 11.4 Å². The zero-order valence-corrected chi connectivity index (χ0v) is 28.9. The van der Waals surface area contributed by atoms with Crippen LogP contribution in [0.2, 0.25) is 10.0 Å². The van der Waals surface area contributed by atoms with Crippen LogP contribution in [0.1, 0.15) is 42.5 Å². The lowest BCUT2D eigenvalue weighted by Crippen LogP contribution is -2.44. The van der Waals surface area contributed by atoms with Crippen molar-refractivity contribution < 1.29 is 23.5 Å². The first kappa shape index (κ1) is 36.7. The van der Waals surface area contributed by atoms with Crippen LogP contribution in [0, 0.1) is 11.6 Å². The number of nitrogens with one attached hydrogen (secondary N) is 1. The van der Waals surface area contributed by atoms with Gasteiger partial charge >= 0.3 is 0 Å². The molecule has 13 heteroatoms. The first-order chi connectivity index (χ1) is 24.0. The number of rotatable bonds is 15. The molecule has 0 spiro atoms. The maximum absolute atomic E-state index is 14.2. The topological polar surface area (TPSA) is 140 Å². The molecule has 0 aliphatic heterocycles. The molecule has 2 atom stereocenters. The van der Waals surface area contributed by atoms with E-state index in [2.05, 4.69) is 17.1 Å². The fraction of sp³-hybridized carbons (Fsp3) is 0.270. The molecule has 1 aromatic heterocycles. The highest BCUT2D eigenvalue weighted by Gasteiger charge is 2.23. The number of hydrogen-bond acceptors (Lipinski definition) is 6. The summed E-state index contributed by atoms with van der Waals surface area (Å²) in [5, 5.41) is 13.1. The summed E-state index contributed by atoms with van der Waals surface area (Å²) in [5.74, 6) is -2.45. The van der Waals surface area contributed by atoms with Crippen LogP contribution >= 0.6 is 23.2 Å². The van der Waals surface area contributed by atoms with E-state index in [1.54, 1.807) is 36.4 Å². The molecule has 0 bridgehead atoms. The minimum absolute atomic E-state index is 0.0223. The fourth-order valence-electron chi connectivity index (χ4n) is 5.89. The van der Waals surface area contributed by atoms with E-state index >= 15 is 0 Å². The zero-order chi connectivity index (χ0) is 35.9. The van der Waals surface area contributed by atoms with Crippen LogP contribution in [0.15, 0.2) is 78.9 Å². The average molecular weight is 724 g/mol. The molecule has 5 aromatic rings. The van der Waals surface area contributed by atoms with Gasteiger partial charge in [-0.1, -0.05) is 48.3 Å². The Hall–Kier alpha value is -4.55. The molecule has 0 fully saturated rings. The van der Waals surface area contributed by atoms with E-state index < -0.39 is 35.5 Å². The van der Waals surface area contributed by atoms with Crippen LogP contribution in [-0.4, -0.2) is 52.2 Å². The van der Waals surface area contributed by atoms with Gasteiger partial charge in [0.1, 0.15) is 5.82 Å². The lowest BCUT2D eigenvalue weighted by atomic mass is 10.0. The number of carbonyl (C=O) groups is 2. The molecule has 0 radical (unpaired) electrons. The Morgan fingerprint density at radius 2 is 1.68 bits per heavy atom. The van der Waals surface area contributed by atoms with E-state index in [0.717, 1.165) is 36.3 Å². The minimum atomic E-state index is -0.957. The number of imidazole rings is 1. The number of aliphatic hydroxyl groups is 1. The largest absolute Gasteiger partial charge is 0.395 e. The van der Waals surface area contributed by atoms with Gasteiger partial charge in [0, 0.05) is 30.9 Å². The van der Waals surface area contributed by atoms with Gasteiger partial charge in [-0.2, -0.15) is 0 Å². The second kappa shape index (κ2) is 16.4. The summed E-state index contributed by atoms with van der Waals surface area (Å²) in [4.78, 5) is 32.4. The predicted molar refractivity (Wildman–Crippen MR) is 193 cm³/mol. The van der Waals surface area contributed by atoms with E-state index in [1.165, 1.54) is 6.07 Å². The third-order valence-corrected chi connectivity index (χ3v) is 9.09.